The Labute approximate surface area is 378 Å². The molecule has 0 radical (unpaired) electrons. The van der Waals surface area contributed by atoms with Gasteiger partial charge in [0.1, 0.15) is 0 Å². The lowest BCUT2D eigenvalue weighted by Gasteiger charge is -2.36. The van der Waals surface area contributed by atoms with E-state index in [9.17, 15) is 0 Å². The second-order valence-corrected chi connectivity index (χ2v) is 18.6. The predicted molar refractivity (Wildman–Crippen MR) is 267 cm³/mol. The van der Waals surface area contributed by atoms with Crippen LogP contribution < -0.4 is 4.90 Å². The van der Waals surface area contributed by atoms with Gasteiger partial charge in [-0.3, -0.25) is 0 Å². The highest BCUT2D eigenvalue weighted by Crippen LogP contribution is 2.60. The maximum Gasteiger partial charge on any atom is 0.0714 e. The zero-order valence-corrected chi connectivity index (χ0v) is 37.1. The molecule has 0 saturated carbocycles. The van der Waals surface area contributed by atoms with E-state index in [2.05, 4.69) is 233 Å². The van der Waals surface area contributed by atoms with E-state index in [1.54, 1.807) is 0 Å². The van der Waals surface area contributed by atoms with Gasteiger partial charge in [-0.25, -0.2) is 0 Å². The number of hydrogen-bond acceptors (Lipinski definition) is 1. The molecule has 0 unspecified atom stereocenters. The van der Waals surface area contributed by atoms with Crippen LogP contribution in [0.15, 0.2) is 200 Å². The maximum absolute atomic E-state index is 2.60. The van der Waals surface area contributed by atoms with Gasteiger partial charge in [0.25, 0.3) is 0 Å². The van der Waals surface area contributed by atoms with Gasteiger partial charge in [-0.1, -0.05) is 192 Å². The molecule has 3 aliphatic carbocycles. The molecule has 64 heavy (non-hydrogen) atoms. The van der Waals surface area contributed by atoms with Gasteiger partial charge in [-0.05, 0) is 155 Å². The van der Waals surface area contributed by atoms with Crippen molar-refractivity contribution >= 4 is 17.1 Å². The number of fused-ring (bicyclic) bond motifs is 7. The van der Waals surface area contributed by atoms with Crippen LogP contribution in [0.5, 0.6) is 0 Å². The molecule has 0 N–H and O–H groups in total. The molecular formula is C63H51N. The second-order valence-electron chi connectivity index (χ2n) is 18.6. The van der Waals surface area contributed by atoms with Crippen molar-refractivity contribution in [3.05, 3.63) is 278 Å². The Morgan fingerprint density at radius 1 is 0.344 bits per heavy atom. The third-order valence-electron chi connectivity index (χ3n) is 14.9. The highest BCUT2D eigenvalue weighted by Gasteiger charge is 2.48. The van der Waals surface area contributed by atoms with Gasteiger partial charge in [-0.2, -0.15) is 0 Å². The van der Waals surface area contributed by atoms with Crippen molar-refractivity contribution in [2.45, 2.75) is 57.8 Å². The first-order chi connectivity index (χ1) is 31.3. The van der Waals surface area contributed by atoms with E-state index in [4.69, 9.17) is 0 Å². The van der Waals surface area contributed by atoms with Crippen molar-refractivity contribution in [1.82, 2.24) is 0 Å². The summed E-state index contributed by atoms with van der Waals surface area (Å²) in [5.74, 6) is 0. The minimum atomic E-state index is -0.515. The smallest absolute Gasteiger partial charge is 0.0714 e. The standard InChI is InChI=1S/C63H51N/c1-41-19-27-46(28-20-41)62(47-29-21-42(2)22-30-47)57-16-7-5-13-53(57)55-37-35-50(39-59(55)62)64(61-18-10-12-45-11-9-15-52(45)61)51-36-38-56-54-14-6-8-17-58(54)63(60(56)40-51,48-31-23-43(3)24-32-48)49-33-25-44(4)26-34-49/h5-8,10,12-14,16-40H,9,11,15H2,1-4H3. The van der Waals surface area contributed by atoms with E-state index in [1.165, 1.54) is 124 Å². The van der Waals surface area contributed by atoms with Gasteiger partial charge in [0.2, 0.25) is 0 Å². The summed E-state index contributed by atoms with van der Waals surface area (Å²) in [7, 11) is 0. The number of hydrogen-bond donors (Lipinski definition) is 0. The van der Waals surface area contributed by atoms with Gasteiger partial charge in [0.15, 0.2) is 0 Å². The Balaban J connectivity index is 1.15. The fraction of sp³-hybridized carbons (Fsp3) is 0.143. The lowest BCUT2D eigenvalue weighted by molar-refractivity contribution is 0.766. The number of benzene rings is 9. The van der Waals surface area contributed by atoms with Crippen LogP contribution in [0.2, 0.25) is 0 Å². The normalized spacial score (nSPS) is 14.6. The molecule has 1 heteroatoms. The summed E-state index contributed by atoms with van der Waals surface area (Å²) in [6, 6.07) is 77.1. The van der Waals surface area contributed by atoms with Crippen LogP contribution in [0.1, 0.15) is 84.3 Å². The minimum Gasteiger partial charge on any atom is -0.310 e. The Bertz CT molecular complexity index is 2970. The average molecular weight is 822 g/mol. The summed E-state index contributed by atoms with van der Waals surface area (Å²) in [5, 5.41) is 0. The summed E-state index contributed by atoms with van der Waals surface area (Å²) in [6.45, 7) is 8.76. The van der Waals surface area contributed by atoms with Crippen LogP contribution in [-0.2, 0) is 23.7 Å². The average Bonchev–Trinajstić information content (AvgIpc) is 4.01. The van der Waals surface area contributed by atoms with E-state index < -0.39 is 10.8 Å². The molecule has 0 atom stereocenters. The number of nitrogens with zero attached hydrogens (tertiary/aromatic N) is 1. The lowest BCUT2D eigenvalue weighted by Crippen LogP contribution is -2.29. The van der Waals surface area contributed by atoms with E-state index in [0.717, 1.165) is 12.8 Å². The molecule has 9 aromatic carbocycles. The third-order valence-corrected chi connectivity index (χ3v) is 14.9. The van der Waals surface area contributed by atoms with Crippen molar-refractivity contribution in [2.75, 3.05) is 4.90 Å². The van der Waals surface area contributed by atoms with Crippen LogP contribution in [0.4, 0.5) is 17.1 Å². The molecule has 0 heterocycles. The van der Waals surface area contributed by atoms with Crippen molar-refractivity contribution < 1.29 is 0 Å². The molecule has 0 amide bonds. The molecule has 0 aromatic heterocycles. The summed E-state index contributed by atoms with van der Waals surface area (Å²) in [5.41, 5.74) is 26.2. The molecule has 0 fully saturated rings. The first-order valence-corrected chi connectivity index (χ1v) is 23.0. The highest BCUT2D eigenvalue weighted by atomic mass is 15.1. The number of aryl methyl sites for hydroxylation is 5. The highest BCUT2D eigenvalue weighted by molar-refractivity contribution is 5.92. The Morgan fingerprint density at radius 3 is 1.16 bits per heavy atom. The first-order valence-electron chi connectivity index (χ1n) is 23.0. The summed E-state index contributed by atoms with van der Waals surface area (Å²) in [6.07, 6.45) is 3.36. The first kappa shape index (κ1) is 38.5. The van der Waals surface area contributed by atoms with Gasteiger partial charge < -0.3 is 4.90 Å². The SMILES string of the molecule is Cc1ccc(C2(c3ccc(C)cc3)c3ccccc3-c3ccc(N(c4ccc5c(c4)C(c4ccc(C)cc4)(c4ccc(C)cc4)c4ccccc4-5)c4cccc5c4CCC5)cc32)cc1. The minimum absolute atomic E-state index is 0.515. The van der Waals surface area contributed by atoms with Crippen molar-refractivity contribution in [1.29, 1.82) is 0 Å². The van der Waals surface area contributed by atoms with Crippen LogP contribution in [0.3, 0.4) is 0 Å². The molecule has 12 rings (SSSR count). The topological polar surface area (TPSA) is 3.24 Å². The largest absolute Gasteiger partial charge is 0.310 e. The fourth-order valence-electron chi connectivity index (χ4n) is 11.8. The predicted octanol–water partition coefficient (Wildman–Crippen LogP) is 15.6. The van der Waals surface area contributed by atoms with Crippen LogP contribution in [-0.4, -0.2) is 0 Å². The molecule has 308 valence electrons. The Hall–Kier alpha value is -7.22. The van der Waals surface area contributed by atoms with Crippen molar-refractivity contribution in [3.8, 4) is 22.3 Å². The molecule has 0 aliphatic heterocycles. The second kappa shape index (κ2) is 14.7. The van der Waals surface area contributed by atoms with E-state index in [-0.39, 0.29) is 0 Å². The van der Waals surface area contributed by atoms with Crippen LogP contribution in [0.25, 0.3) is 22.3 Å². The molecule has 0 bridgehead atoms. The van der Waals surface area contributed by atoms with Crippen molar-refractivity contribution in [2.24, 2.45) is 0 Å². The molecular weight excluding hydrogens is 771 g/mol. The van der Waals surface area contributed by atoms with Gasteiger partial charge >= 0.3 is 0 Å². The lowest BCUT2D eigenvalue weighted by atomic mass is 9.67. The Kier molecular flexibility index (Phi) is 8.82. The summed E-state index contributed by atoms with van der Waals surface area (Å²) < 4.78 is 0. The monoisotopic (exact) mass is 821 g/mol. The molecule has 9 aromatic rings. The van der Waals surface area contributed by atoms with Gasteiger partial charge in [-0.15, -0.1) is 0 Å². The number of rotatable bonds is 7. The molecule has 1 nitrogen and oxygen atoms in total. The maximum atomic E-state index is 2.60. The molecule has 3 aliphatic rings. The zero-order chi connectivity index (χ0) is 43.2. The van der Waals surface area contributed by atoms with Gasteiger partial charge in [0.05, 0.1) is 10.8 Å². The zero-order valence-electron chi connectivity index (χ0n) is 37.1. The van der Waals surface area contributed by atoms with Crippen LogP contribution in [0, 0.1) is 27.7 Å². The van der Waals surface area contributed by atoms with Gasteiger partial charge in [0, 0.05) is 17.1 Å². The quantitative estimate of drug-likeness (QED) is 0.155. The summed E-state index contributed by atoms with van der Waals surface area (Å²) >= 11 is 0. The van der Waals surface area contributed by atoms with E-state index in [0.29, 0.717) is 0 Å². The summed E-state index contributed by atoms with van der Waals surface area (Å²) in [4.78, 5) is 2.60. The Morgan fingerprint density at radius 2 is 0.734 bits per heavy atom. The molecule has 0 saturated heterocycles. The fourth-order valence-corrected chi connectivity index (χ4v) is 11.8. The van der Waals surface area contributed by atoms with E-state index >= 15 is 0 Å². The van der Waals surface area contributed by atoms with Crippen molar-refractivity contribution in [3.63, 3.8) is 0 Å². The van der Waals surface area contributed by atoms with E-state index in [1.807, 2.05) is 0 Å². The van der Waals surface area contributed by atoms with Crippen LogP contribution >= 0.6 is 0 Å². The molecule has 0 spiro atoms. The third kappa shape index (κ3) is 5.56. The number of anilines is 3.